The summed E-state index contributed by atoms with van der Waals surface area (Å²) in [6, 6.07) is 4.10. The normalized spacial score (nSPS) is 22.9. The third-order valence-corrected chi connectivity index (χ3v) is 3.49. The first-order valence-corrected chi connectivity index (χ1v) is 6.23. The fraction of sp³-hybridized carbons (Fsp3) is 0.615. The molecule has 1 aromatic rings. The SMILES string of the molecule is CC(O)C1CCN(Cc2ccnc(CN)c2)C1. The first-order valence-electron chi connectivity index (χ1n) is 6.23. The molecule has 0 aromatic carbocycles. The lowest BCUT2D eigenvalue weighted by Crippen LogP contribution is -2.24. The molecule has 0 amide bonds. The monoisotopic (exact) mass is 235 g/mol. The van der Waals surface area contributed by atoms with E-state index in [-0.39, 0.29) is 6.10 Å². The standard InChI is InChI=1S/C13H21N3O/c1-10(17)12-3-5-16(9-12)8-11-2-4-15-13(6-11)7-14/h2,4,6,10,12,17H,3,5,7-9,14H2,1H3. The summed E-state index contributed by atoms with van der Waals surface area (Å²) in [4.78, 5) is 6.57. The summed E-state index contributed by atoms with van der Waals surface area (Å²) < 4.78 is 0. The Morgan fingerprint density at radius 2 is 2.47 bits per heavy atom. The van der Waals surface area contributed by atoms with E-state index in [0.29, 0.717) is 12.5 Å². The number of hydrogen-bond donors (Lipinski definition) is 2. The minimum absolute atomic E-state index is 0.197. The van der Waals surface area contributed by atoms with Crippen molar-refractivity contribution in [3.63, 3.8) is 0 Å². The maximum atomic E-state index is 9.56. The van der Waals surface area contributed by atoms with Crippen molar-refractivity contribution >= 4 is 0 Å². The summed E-state index contributed by atoms with van der Waals surface area (Å²) in [6.45, 7) is 5.35. The fourth-order valence-corrected chi connectivity index (χ4v) is 2.40. The van der Waals surface area contributed by atoms with E-state index in [1.807, 2.05) is 19.2 Å². The number of rotatable bonds is 4. The summed E-state index contributed by atoms with van der Waals surface area (Å²) >= 11 is 0. The number of aliphatic hydroxyl groups excluding tert-OH is 1. The summed E-state index contributed by atoms with van der Waals surface area (Å²) in [5, 5.41) is 9.56. The molecule has 0 spiro atoms. The van der Waals surface area contributed by atoms with Gasteiger partial charge < -0.3 is 10.8 Å². The number of nitrogens with two attached hydrogens (primary N) is 1. The van der Waals surface area contributed by atoms with Gasteiger partial charge in [0.05, 0.1) is 11.8 Å². The molecule has 2 unspecified atom stereocenters. The lowest BCUT2D eigenvalue weighted by atomic mass is 10.0. The number of likely N-dealkylation sites (tertiary alicyclic amines) is 1. The van der Waals surface area contributed by atoms with Crippen LogP contribution in [0.4, 0.5) is 0 Å². The van der Waals surface area contributed by atoms with Crippen molar-refractivity contribution in [1.82, 2.24) is 9.88 Å². The quantitative estimate of drug-likeness (QED) is 0.808. The minimum atomic E-state index is -0.197. The Bertz CT molecular complexity index is 367. The van der Waals surface area contributed by atoms with Gasteiger partial charge in [-0.15, -0.1) is 0 Å². The zero-order chi connectivity index (χ0) is 12.3. The summed E-state index contributed by atoms with van der Waals surface area (Å²) in [5.41, 5.74) is 7.77. The summed E-state index contributed by atoms with van der Waals surface area (Å²) in [7, 11) is 0. The van der Waals surface area contributed by atoms with Crippen LogP contribution in [-0.4, -0.2) is 34.2 Å². The number of pyridine rings is 1. The van der Waals surface area contributed by atoms with Gasteiger partial charge in [-0.1, -0.05) is 0 Å². The molecule has 4 nitrogen and oxygen atoms in total. The van der Waals surface area contributed by atoms with Gasteiger partial charge in [-0.3, -0.25) is 9.88 Å². The first kappa shape index (κ1) is 12.5. The van der Waals surface area contributed by atoms with Crippen LogP contribution in [0, 0.1) is 5.92 Å². The van der Waals surface area contributed by atoms with Crippen molar-refractivity contribution in [2.45, 2.75) is 32.5 Å². The third kappa shape index (κ3) is 3.25. The van der Waals surface area contributed by atoms with Crippen LogP contribution in [0.25, 0.3) is 0 Å². The van der Waals surface area contributed by atoms with Crippen molar-refractivity contribution < 1.29 is 5.11 Å². The smallest absolute Gasteiger partial charge is 0.0552 e. The van der Waals surface area contributed by atoms with Crippen molar-refractivity contribution in [2.75, 3.05) is 13.1 Å². The molecule has 3 N–H and O–H groups in total. The van der Waals surface area contributed by atoms with Crippen LogP contribution in [0.1, 0.15) is 24.6 Å². The van der Waals surface area contributed by atoms with Crippen LogP contribution in [-0.2, 0) is 13.1 Å². The van der Waals surface area contributed by atoms with Crippen LogP contribution in [0.3, 0.4) is 0 Å². The molecule has 2 atom stereocenters. The lowest BCUT2D eigenvalue weighted by Gasteiger charge is -2.17. The second-order valence-electron chi connectivity index (χ2n) is 4.88. The van der Waals surface area contributed by atoms with E-state index < -0.39 is 0 Å². The molecule has 0 bridgehead atoms. The van der Waals surface area contributed by atoms with E-state index in [0.717, 1.165) is 31.7 Å². The van der Waals surface area contributed by atoms with Gasteiger partial charge >= 0.3 is 0 Å². The van der Waals surface area contributed by atoms with Gasteiger partial charge in [-0.05, 0) is 43.5 Å². The average Bonchev–Trinajstić information content (AvgIpc) is 2.78. The van der Waals surface area contributed by atoms with Gasteiger partial charge in [0, 0.05) is 25.8 Å². The number of hydrogen-bond acceptors (Lipinski definition) is 4. The van der Waals surface area contributed by atoms with Gasteiger partial charge in [0.2, 0.25) is 0 Å². The van der Waals surface area contributed by atoms with Gasteiger partial charge in [0.15, 0.2) is 0 Å². The second kappa shape index (κ2) is 5.58. The van der Waals surface area contributed by atoms with Crippen LogP contribution in [0.2, 0.25) is 0 Å². The van der Waals surface area contributed by atoms with E-state index in [1.165, 1.54) is 5.56 Å². The highest BCUT2D eigenvalue weighted by molar-refractivity contribution is 5.16. The van der Waals surface area contributed by atoms with Gasteiger partial charge in [0.1, 0.15) is 0 Å². The lowest BCUT2D eigenvalue weighted by molar-refractivity contribution is 0.127. The maximum absolute atomic E-state index is 9.56. The number of aliphatic hydroxyl groups is 1. The molecule has 1 aliphatic heterocycles. The Morgan fingerprint density at radius 1 is 1.65 bits per heavy atom. The molecule has 17 heavy (non-hydrogen) atoms. The van der Waals surface area contributed by atoms with Gasteiger partial charge in [0.25, 0.3) is 0 Å². The Labute approximate surface area is 102 Å². The fourth-order valence-electron chi connectivity index (χ4n) is 2.40. The molecule has 1 saturated heterocycles. The van der Waals surface area contributed by atoms with E-state index in [2.05, 4.69) is 16.0 Å². The predicted molar refractivity (Wildman–Crippen MR) is 67.2 cm³/mol. The molecule has 4 heteroatoms. The Hall–Kier alpha value is -0.970. The second-order valence-corrected chi connectivity index (χ2v) is 4.88. The zero-order valence-electron chi connectivity index (χ0n) is 10.3. The van der Waals surface area contributed by atoms with E-state index in [4.69, 9.17) is 5.73 Å². The number of aromatic nitrogens is 1. The largest absolute Gasteiger partial charge is 0.393 e. The first-order chi connectivity index (χ1) is 8.19. The topological polar surface area (TPSA) is 62.4 Å². The molecular weight excluding hydrogens is 214 g/mol. The van der Waals surface area contributed by atoms with E-state index in [9.17, 15) is 5.11 Å². The predicted octanol–water partition coefficient (Wildman–Crippen LogP) is 0.743. The zero-order valence-corrected chi connectivity index (χ0v) is 10.3. The highest BCUT2D eigenvalue weighted by Crippen LogP contribution is 2.21. The Kier molecular flexibility index (Phi) is 4.10. The highest BCUT2D eigenvalue weighted by atomic mass is 16.3. The molecule has 0 aliphatic carbocycles. The van der Waals surface area contributed by atoms with Crippen LogP contribution in [0.15, 0.2) is 18.3 Å². The highest BCUT2D eigenvalue weighted by Gasteiger charge is 2.25. The maximum Gasteiger partial charge on any atom is 0.0552 e. The third-order valence-electron chi connectivity index (χ3n) is 3.49. The Morgan fingerprint density at radius 3 is 3.12 bits per heavy atom. The molecule has 0 radical (unpaired) electrons. The Balaban J connectivity index is 1.93. The van der Waals surface area contributed by atoms with E-state index in [1.54, 1.807) is 0 Å². The van der Waals surface area contributed by atoms with Crippen LogP contribution < -0.4 is 5.73 Å². The van der Waals surface area contributed by atoms with Gasteiger partial charge in [-0.25, -0.2) is 0 Å². The summed E-state index contributed by atoms with van der Waals surface area (Å²) in [6.07, 6.45) is 2.71. The average molecular weight is 235 g/mol. The molecule has 0 saturated carbocycles. The van der Waals surface area contributed by atoms with Crippen molar-refractivity contribution in [1.29, 1.82) is 0 Å². The van der Waals surface area contributed by atoms with Crippen molar-refractivity contribution in [3.8, 4) is 0 Å². The number of nitrogens with zero attached hydrogens (tertiary/aromatic N) is 2. The molecule has 2 heterocycles. The van der Waals surface area contributed by atoms with E-state index >= 15 is 0 Å². The molecule has 1 aromatic heterocycles. The molecule has 2 rings (SSSR count). The van der Waals surface area contributed by atoms with Gasteiger partial charge in [-0.2, -0.15) is 0 Å². The molecule has 1 fully saturated rings. The molecule has 1 aliphatic rings. The van der Waals surface area contributed by atoms with Crippen LogP contribution >= 0.6 is 0 Å². The minimum Gasteiger partial charge on any atom is -0.393 e. The molecular formula is C13H21N3O. The summed E-state index contributed by atoms with van der Waals surface area (Å²) in [5.74, 6) is 0.422. The van der Waals surface area contributed by atoms with Crippen molar-refractivity contribution in [2.24, 2.45) is 11.7 Å². The van der Waals surface area contributed by atoms with Crippen LogP contribution in [0.5, 0.6) is 0 Å². The molecule has 94 valence electrons. The van der Waals surface area contributed by atoms with Crippen molar-refractivity contribution in [3.05, 3.63) is 29.6 Å².